The van der Waals surface area contributed by atoms with Gasteiger partial charge < -0.3 is 16.1 Å². The van der Waals surface area contributed by atoms with Crippen LogP contribution in [-0.2, 0) is 6.54 Å². The fourth-order valence-corrected chi connectivity index (χ4v) is 2.60. The Balaban J connectivity index is 1.55. The molecule has 0 atom stereocenters. The number of halogens is 2. The zero-order valence-electron chi connectivity index (χ0n) is 13.0. The molecule has 8 heteroatoms. The van der Waals surface area contributed by atoms with E-state index in [4.69, 9.17) is 11.6 Å². The molecule has 0 radical (unpaired) electrons. The van der Waals surface area contributed by atoms with Crippen LogP contribution >= 0.6 is 11.6 Å². The fraction of sp³-hybridized carbons (Fsp3) is 0.0588. The van der Waals surface area contributed by atoms with E-state index in [1.165, 1.54) is 5.56 Å². The van der Waals surface area contributed by atoms with E-state index < -0.39 is 5.82 Å². The average molecular weight is 357 g/mol. The maximum atomic E-state index is 14.0. The normalized spacial score (nSPS) is 12.4. The van der Waals surface area contributed by atoms with Crippen molar-refractivity contribution in [3.63, 3.8) is 0 Å². The number of hydrazine groups is 1. The molecule has 3 aromatic rings. The van der Waals surface area contributed by atoms with Crippen molar-refractivity contribution in [3.8, 4) is 0 Å². The van der Waals surface area contributed by atoms with E-state index in [-0.39, 0.29) is 5.82 Å². The van der Waals surface area contributed by atoms with Crippen molar-refractivity contribution in [2.75, 3.05) is 16.1 Å². The standard InChI is InChI=1S/C17H14ClFN6/c18-11-2-5-12(6-3-11)22-16-14(19)9-20-17(24-16)23-13-4-1-10-8-21-25-15(10)7-13/h1-7,9,21,25H,8H2,(H2,20,22,23,24). The zero-order chi connectivity index (χ0) is 17.2. The first-order valence-corrected chi connectivity index (χ1v) is 7.99. The van der Waals surface area contributed by atoms with Crippen LogP contribution in [0, 0.1) is 5.82 Å². The lowest BCUT2D eigenvalue weighted by molar-refractivity contribution is 0.619. The van der Waals surface area contributed by atoms with E-state index >= 15 is 0 Å². The van der Waals surface area contributed by atoms with Gasteiger partial charge in [0.15, 0.2) is 11.6 Å². The predicted octanol–water partition coefficient (Wildman–Crippen LogP) is 4.19. The van der Waals surface area contributed by atoms with Crippen LogP contribution in [0.15, 0.2) is 48.7 Å². The lowest BCUT2D eigenvalue weighted by Crippen LogP contribution is -2.10. The van der Waals surface area contributed by atoms with Crippen LogP contribution in [0.5, 0.6) is 0 Å². The summed E-state index contributed by atoms with van der Waals surface area (Å²) in [6, 6.07) is 12.8. The molecule has 2 heterocycles. The van der Waals surface area contributed by atoms with Crippen molar-refractivity contribution in [2.45, 2.75) is 6.54 Å². The van der Waals surface area contributed by atoms with Crippen LogP contribution in [0.4, 0.5) is 33.2 Å². The van der Waals surface area contributed by atoms with E-state index in [0.717, 1.165) is 24.1 Å². The summed E-state index contributed by atoms with van der Waals surface area (Å²) < 4.78 is 14.0. The van der Waals surface area contributed by atoms with Gasteiger partial charge in [0.1, 0.15) is 0 Å². The van der Waals surface area contributed by atoms with E-state index in [1.54, 1.807) is 24.3 Å². The summed E-state index contributed by atoms with van der Waals surface area (Å²) in [6.07, 6.45) is 1.13. The molecule has 0 bridgehead atoms. The summed E-state index contributed by atoms with van der Waals surface area (Å²) in [6.45, 7) is 0.776. The smallest absolute Gasteiger partial charge is 0.229 e. The Morgan fingerprint density at radius 3 is 2.68 bits per heavy atom. The number of anilines is 5. The molecule has 4 rings (SSSR count). The van der Waals surface area contributed by atoms with Gasteiger partial charge in [-0.2, -0.15) is 4.98 Å². The average Bonchev–Trinajstić information content (AvgIpc) is 3.07. The predicted molar refractivity (Wildman–Crippen MR) is 96.9 cm³/mol. The molecule has 126 valence electrons. The zero-order valence-corrected chi connectivity index (χ0v) is 13.7. The van der Waals surface area contributed by atoms with Crippen molar-refractivity contribution in [2.24, 2.45) is 0 Å². The van der Waals surface area contributed by atoms with Gasteiger partial charge >= 0.3 is 0 Å². The Hall–Kier alpha value is -2.90. The Kier molecular flexibility index (Phi) is 4.09. The molecule has 0 saturated carbocycles. The summed E-state index contributed by atoms with van der Waals surface area (Å²) in [5.74, 6) is -0.162. The van der Waals surface area contributed by atoms with Gasteiger partial charge in [0.25, 0.3) is 0 Å². The molecule has 1 aliphatic rings. The van der Waals surface area contributed by atoms with Gasteiger partial charge in [0.05, 0.1) is 11.9 Å². The van der Waals surface area contributed by atoms with Gasteiger partial charge in [-0.25, -0.2) is 14.8 Å². The van der Waals surface area contributed by atoms with Crippen molar-refractivity contribution in [1.29, 1.82) is 0 Å². The van der Waals surface area contributed by atoms with Gasteiger partial charge in [0.2, 0.25) is 5.95 Å². The number of nitrogens with one attached hydrogen (secondary N) is 4. The summed E-state index contributed by atoms with van der Waals surface area (Å²) >= 11 is 5.85. The number of nitrogens with zero attached hydrogens (tertiary/aromatic N) is 2. The molecule has 2 aromatic carbocycles. The number of benzene rings is 2. The number of aromatic nitrogens is 2. The number of rotatable bonds is 4. The van der Waals surface area contributed by atoms with Crippen LogP contribution in [-0.4, -0.2) is 9.97 Å². The Labute approximate surface area is 148 Å². The largest absolute Gasteiger partial charge is 0.338 e. The lowest BCUT2D eigenvalue weighted by atomic mass is 10.2. The molecule has 0 spiro atoms. The third-order valence-corrected chi connectivity index (χ3v) is 3.97. The molecule has 0 fully saturated rings. The van der Waals surface area contributed by atoms with Gasteiger partial charge in [-0.15, -0.1) is 0 Å². The van der Waals surface area contributed by atoms with Gasteiger partial charge in [-0.05, 0) is 42.0 Å². The highest BCUT2D eigenvalue weighted by atomic mass is 35.5. The van der Waals surface area contributed by atoms with E-state index in [9.17, 15) is 4.39 Å². The molecular weight excluding hydrogens is 343 g/mol. The lowest BCUT2D eigenvalue weighted by Gasteiger charge is -2.10. The quantitative estimate of drug-likeness (QED) is 0.562. The van der Waals surface area contributed by atoms with Crippen LogP contribution in [0.1, 0.15) is 5.56 Å². The number of hydrogen-bond acceptors (Lipinski definition) is 6. The van der Waals surface area contributed by atoms with Crippen LogP contribution in [0.2, 0.25) is 5.02 Å². The summed E-state index contributed by atoms with van der Waals surface area (Å²) in [5, 5.41) is 6.61. The first kappa shape index (κ1) is 15.6. The fourth-order valence-electron chi connectivity index (χ4n) is 2.47. The monoisotopic (exact) mass is 356 g/mol. The van der Waals surface area contributed by atoms with Crippen molar-refractivity contribution < 1.29 is 4.39 Å². The molecular formula is C17H14ClFN6. The molecule has 1 aromatic heterocycles. The minimum atomic E-state index is -0.541. The molecule has 0 aliphatic carbocycles. The van der Waals surface area contributed by atoms with Crippen molar-refractivity contribution in [3.05, 3.63) is 65.1 Å². The molecule has 6 nitrogen and oxygen atoms in total. The van der Waals surface area contributed by atoms with E-state index in [2.05, 4.69) is 31.5 Å². The molecule has 25 heavy (non-hydrogen) atoms. The molecule has 0 unspecified atom stereocenters. The third-order valence-electron chi connectivity index (χ3n) is 3.72. The van der Waals surface area contributed by atoms with E-state index in [1.807, 2.05) is 18.2 Å². The van der Waals surface area contributed by atoms with Gasteiger partial charge in [-0.1, -0.05) is 17.7 Å². The van der Waals surface area contributed by atoms with E-state index in [0.29, 0.717) is 16.7 Å². The second-order valence-electron chi connectivity index (χ2n) is 5.50. The van der Waals surface area contributed by atoms with Crippen LogP contribution < -0.4 is 21.5 Å². The number of fused-ring (bicyclic) bond motifs is 1. The van der Waals surface area contributed by atoms with Gasteiger partial charge in [-0.3, -0.25) is 0 Å². The Morgan fingerprint density at radius 2 is 1.84 bits per heavy atom. The Bertz CT molecular complexity index is 916. The van der Waals surface area contributed by atoms with Crippen molar-refractivity contribution >= 4 is 40.4 Å². The first-order chi connectivity index (χ1) is 12.2. The SMILES string of the molecule is Fc1cnc(Nc2ccc3c(c2)NNC3)nc1Nc1ccc(Cl)cc1. The summed E-state index contributed by atoms with van der Waals surface area (Å²) in [7, 11) is 0. The molecule has 0 amide bonds. The number of hydrogen-bond donors (Lipinski definition) is 4. The molecule has 1 aliphatic heterocycles. The maximum Gasteiger partial charge on any atom is 0.229 e. The highest BCUT2D eigenvalue weighted by Gasteiger charge is 2.11. The topological polar surface area (TPSA) is 73.9 Å². The third kappa shape index (κ3) is 3.47. The minimum Gasteiger partial charge on any atom is -0.338 e. The first-order valence-electron chi connectivity index (χ1n) is 7.61. The highest BCUT2D eigenvalue weighted by molar-refractivity contribution is 6.30. The molecule has 4 N–H and O–H groups in total. The summed E-state index contributed by atoms with van der Waals surface area (Å²) in [5.41, 5.74) is 9.77. The van der Waals surface area contributed by atoms with Gasteiger partial charge in [0, 0.05) is 22.9 Å². The maximum absolute atomic E-state index is 14.0. The summed E-state index contributed by atoms with van der Waals surface area (Å²) in [4.78, 5) is 8.19. The second kappa shape index (κ2) is 6.54. The molecule has 0 saturated heterocycles. The van der Waals surface area contributed by atoms with Crippen molar-refractivity contribution in [1.82, 2.24) is 15.4 Å². The van der Waals surface area contributed by atoms with Crippen LogP contribution in [0.25, 0.3) is 0 Å². The minimum absolute atomic E-state index is 0.0841. The second-order valence-corrected chi connectivity index (χ2v) is 5.93. The Morgan fingerprint density at radius 1 is 1.04 bits per heavy atom. The highest BCUT2D eigenvalue weighted by Crippen LogP contribution is 2.26. The van der Waals surface area contributed by atoms with Crippen LogP contribution in [0.3, 0.4) is 0 Å².